The van der Waals surface area contributed by atoms with Gasteiger partial charge in [0.15, 0.2) is 0 Å². The number of nitrogens with zero attached hydrogens (tertiary/aromatic N) is 6. The van der Waals surface area contributed by atoms with Crippen molar-refractivity contribution < 1.29 is 36.2 Å². The fraction of sp³-hybridized carbons (Fsp3) is 0. The van der Waals surface area contributed by atoms with Crippen LogP contribution in [0.4, 0.5) is 34.1 Å². The standard InChI is InChI=1S/C24H18N6O8S2/c31-17-5-11-21(27-25-15-1-7-19(8-2-15)39(33,34)35)23(13-17)29-30-24-14-18(32)6-12-22(24)28-26-16-3-9-20(10-4-16)40(36,37)38/h1-14,31-32H,(H,33,34,35)(H,36,37,38)/p-2. The molecule has 40 heavy (non-hydrogen) atoms. The molecule has 0 radical (unpaired) electrons. The molecule has 0 heterocycles. The van der Waals surface area contributed by atoms with E-state index in [4.69, 9.17) is 0 Å². The van der Waals surface area contributed by atoms with E-state index in [2.05, 4.69) is 30.7 Å². The van der Waals surface area contributed by atoms with Crippen molar-refractivity contribution in [2.24, 2.45) is 30.7 Å². The Labute approximate surface area is 227 Å². The lowest BCUT2D eigenvalue weighted by Crippen LogP contribution is -1.97. The lowest BCUT2D eigenvalue weighted by Gasteiger charge is -2.06. The molecule has 0 saturated heterocycles. The second-order valence-electron chi connectivity index (χ2n) is 7.84. The number of benzene rings is 4. The summed E-state index contributed by atoms with van der Waals surface area (Å²) in [7, 11) is -9.22. The Bertz CT molecular complexity index is 1720. The van der Waals surface area contributed by atoms with Crippen molar-refractivity contribution in [1.82, 2.24) is 0 Å². The molecule has 0 atom stereocenters. The monoisotopic (exact) mass is 580 g/mol. The van der Waals surface area contributed by atoms with Gasteiger partial charge in [0.25, 0.3) is 0 Å². The molecule has 0 spiro atoms. The van der Waals surface area contributed by atoms with Gasteiger partial charge in [0.1, 0.15) is 54.5 Å². The Morgan fingerprint density at radius 2 is 0.775 bits per heavy atom. The molecule has 0 aromatic heterocycles. The summed E-state index contributed by atoms with van der Waals surface area (Å²) < 4.78 is 66.5. The minimum absolute atomic E-state index is 0.0724. The van der Waals surface area contributed by atoms with Gasteiger partial charge in [-0.05, 0) is 72.8 Å². The SMILES string of the molecule is O=S(=O)([O-])c1ccc(N=Nc2ccc(O)cc2N=Nc2cc(O)ccc2N=Nc2ccc(S(=O)(=O)[O-])cc2)cc1. The summed E-state index contributed by atoms with van der Waals surface area (Å²) in [6, 6.07) is 17.5. The fourth-order valence-electron chi connectivity index (χ4n) is 3.04. The Morgan fingerprint density at radius 1 is 0.450 bits per heavy atom. The van der Waals surface area contributed by atoms with Gasteiger partial charge in [-0.1, -0.05) is 0 Å². The molecule has 4 aromatic carbocycles. The van der Waals surface area contributed by atoms with Gasteiger partial charge >= 0.3 is 0 Å². The predicted octanol–water partition coefficient (Wildman–Crippen LogP) is 6.15. The van der Waals surface area contributed by atoms with Crippen LogP contribution >= 0.6 is 0 Å². The van der Waals surface area contributed by atoms with E-state index >= 15 is 0 Å². The highest BCUT2D eigenvalue weighted by Gasteiger charge is 2.07. The van der Waals surface area contributed by atoms with Crippen LogP contribution in [0.1, 0.15) is 0 Å². The van der Waals surface area contributed by atoms with Gasteiger partial charge in [0.2, 0.25) is 0 Å². The van der Waals surface area contributed by atoms with Gasteiger partial charge in [-0.15, -0.1) is 20.5 Å². The lowest BCUT2D eigenvalue weighted by molar-refractivity contribution is 0.461. The third-order valence-corrected chi connectivity index (χ3v) is 6.68. The van der Waals surface area contributed by atoms with Crippen LogP contribution in [0.5, 0.6) is 11.5 Å². The zero-order chi connectivity index (χ0) is 28.9. The van der Waals surface area contributed by atoms with Crippen LogP contribution in [0.25, 0.3) is 0 Å². The number of azo groups is 3. The van der Waals surface area contributed by atoms with Gasteiger partial charge in [-0.3, -0.25) is 0 Å². The van der Waals surface area contributed by atoms with Gasteiger partial charge in [-0.25, -0.2) is 16.8 Å². The van der Waals surface area contributed by atoms with Crippen molar-refractivity contribution in [3.05, 3.63) is 84.9 Å². The summed E-state index contributed by atoms with van der Waals surface area (Å²) in [5, 5.41) is 44.0. The molecule has 0 fully saturated rings. The predicted molar refractivity (Wildman–Crippen MR) is 138 cm³/mol. The third-order valence-electron chi connectivity index (χ3n) is 4.98. The first-order valence-corrected chi connectivity index (χ1v) is 13.7. The van der Waals surface area contributed by atoms with Crippen molar-refractivity contribution in [2.45, 2.75) is 9.79 Å². The maximum Gasteiger partial charge on any atom is 0.124 e. The van der Waals surface area contributed by atoms with E-state index in [0.29, 0.717) is 0 Å². The number of aromatic hydroxyl groups is 2. The minimum Gasteiger partial charge on any atom is -0.744 e. The molecule has 2 N–H and O–H groups in total. The molecule has 0 bridgehead atoms. The Kier molecular flexibility index (Phi) is 8.05. The average Bonchev–Trinajstić information content (AvgIpc) is 2.90. The number of hydrogen-bond acceptors (Lipinski definition) is 14. The van der Waals surface area contributed by atoms with Crippen LogP contribution in [0.2, 0.25) is 0 Å². The smallest absolute Gasteiger partial charge is 0.124 e. The summed E-state index contributed by atoms with van der Waals surface area (Å²) in [5.74, 6) is -0.311. The molecular formula is C24H16N6O8S2-2. The van der Waals surface area contributed by atoms with Crippen LogP contribution in [0.3, 0.4) is 0 Å². The molecule has 14 nitrogen and oxygen atoms in total. The molecule has 204 valence electrons. The summed E-state index contributed by atoms with van der Waals surface area (Å²) in [6.45, 7) is 0. The molecule has 0 amide bonds. The Balaban J connectivity index is 1.61. The van der Waals surface area contributed by atoms with Crippen LogP contribution in [0.15, 0.2) is 125 Å². The lowest BCUT2D eigenvalue weighted by atomic mass is 10.2. The maximum absolute atomic E-state index is 11.1. The summed E-state index contributed by atoms with van der Waals surface area (Å²) in [4.78, 5) is -0.839. The van der Waals surface area contributed by atoms with Crippen molar-refractivity contribution in [3.63, 3.8) is 0 Å². The highest BCUT2D eigenvalue weighted by atomic mass is 32.2. The Morgan fingerprint density at radius 3 is 1.10 bits per heavy atom. The zero-order valence-electron chi connectivity index (χ0n) is 19.9. The largest absolute Gasteiger partial charge is 0.744 e. The van der Waals surface area contributed by atoms with E-state index in [-0.39, 0.29) is 45.6 Å². The van der Waals surface area contributed by atoms with Crippen molar-refractivity contribution >= 4 is 54.4 Å². The number of phenols is 2. The van der Waals surface area contributed by atoms with Gasteiger partial charge < -0.3 is 19.3 Å². The minimum atomic E-state index is -4.61. The van der Waals surface area contributed by atoms with E-state index in [0.717, 1.165) is 24.3 Å². The summed E-state index contributed by atoms with van der Waals surface area (Å²) >= 11 is 0. The maximum atomic E-state index is 11.1. The molecule has 0 aliphatic rings. The number of hydrogen-bond donors (Lipinski definition) is 2. The second kappa shape index (κ2) is 11.5. The average molecular weight is 581 g/mol. The molecule has 0 aliphatic carbocycles. The van der Waals surface area contributed by atoms with Crippen molar-refractivity contribution in [1.29, 1.82) is 0 Å². The highest BCUT2D eigenvalue weighted by molar-refractivity contribution is 7.86. The molecule has 0 saturated carbocycles. The first kappa shape index (κ1) is 28.1. The van der Waals surface area contributed by atoms with Crippen LogP contribution in [-0.2, 0) is 20.2 Å². The number of rotatable bonds is 8. The van der Waals surface area contributed by atoms with E-state index in [1.165, 1.54) is 60.7 Å². The molecule has 4 rings (SSSR count). The van der Waals surface area contributed by atoms with Crippen molar-refractivity contribution in [3.8, 4) is 11.5 Å². The van der Waals surface area contributed by atoms with Gasteiger partial charge in [-0.2, -0.15) is 10.2 Å². The van der Waals surface area contributed by atoms with E-state index in [1.807, 2.05) is 0 Å². The molecule has 4 aromatic rings. The van der Waals surface area contributed by atoms with Gasteiger partial charge in [0.05, 0.1) is 21.2 Å². The van der Waals surface area contributed by atoms with E-state index < -0.39 is 30.0 Å². The first-order chi connectivity index (χ1) is 18.9. The quantitative estimate of drug-likeness (QED) is 0.181. The highest BCUT2D eigenvalue weighted by Crippen LogP contribution is 2.37. The summed E-state index contributed by atoms with van der Waals surface area (Å²) in [6.07, 6.45) is 0. The number of phenolic OH excluding ortho intramolecular Hbond substituents is 2. The zero-order valence-corrected chi connectivity index (χ0v) is 21.6. The van der Waals surface area contributed by atoms with E-state index in [1.54, 1.807) is 0 Å². The molecule has 0 aliphatic heterocycles. The van der Waals surface area contributed by atoms with E-state index in [9.17, 15) is 36.2 Å². The summed E-state index contributed by atoms with van der Waals surface area (Å²) in [5.41, 5.74) is 0.948. The van der Waals surface area contributed by atoms with Crippen LogP contribution in [-0.4, -0.2) is 36.2 Å². The normalized spacial score (nSPS) is 12.6. The molecule has 16 heteroatoms. The van der Waals surface area contributed by atoms with Crippen LogP contribution in [0, 0.1) is 0 Å². The molecule has 0 unspecified atom stereocenters. The molecular weight excluding hydrogens is 564 g/mol. The van der Waals surface area contributed by atoms with Crippen molar-refractivity contribution in [2.75, 3.05) is 0 Å². The Hall–Kier alpha value is -4.90. The first-order valence-electron chi connectivity index (χ1n) is 10.9. The van der Waals surface area contributed by atoms with Gasteiger partial charge in [0, 0.05) is 12.1 Å². The van der Waals surface area contributed by atoms with Crippen LogP contribution < -0.4 is 0 Å². The second-order valence-corrected chi connectivity index (χ2v) is 10.6. The fourth-order valence-corrected chi connectivity index (χ4v) is 3.98. The topological polar surface area (TPSA) is 229 Å². The third kappa shape index (κ3) is 7.35.